The molecule has 0 amide bonds. The zero-order valence-corrected chi connectivity index (χ0v) is 10.1. The maximum atomic E-state index is 4.35. The third-order valence-corrected chi connectivity index (χ3v) is 2.80. The summed E-state index contributed by atoms with van der Waals surface area (Å²) in [7, 11) is 0. The number of H-pyrrole nitrogens is 1. The van der Waals surface area contributed by atoms with Gasteiger partial charge in [0.15, 0.2) is 0 Å². The third-order valence-electron chi connectivity index (χ3n) is 2.80. The molecule has 0 bridgehead atoms. The molecule has 4 heteroatoms. The minimum atomic E-state index is 0.715. The number of hydrogen-bond donors (Lipinski definition) is 2. The standard InChI is InChI=1S/C14H14N4/c1-10-7-15-9-14(17-10)16-8-12-6-11-4-2-3-5-13(11)18-12/h2-7,9,18H,8H2,1H3,(H,16,17). The van der Waals surface area contributed by atoms with Crippen molar-refractivity contribution in [3.63, 3.8) is 0 Å². The van der Waals surface area contributed by atoms with Crippen LogP contribution in [0, 0.1) is 6.92 Å². The van der Waals surface area contributed by atoms with E-state index in [1.165, 1.54) is 5.39 Å². The Bertz CT molecular complexity index is 639. The number of nitrogens with zero attached hydrogens (tertiary/aromatic N) is 2. The van der Waals surface area contributed by atoms with Gasteiger partial charge in [-0.1, -0.05) is 18.2 Å². The van der Waals surface area contributed by atoms with E-state index in [0.717, 1.165) is 22.7 Å². The Hall–Kier alpha value is -2.36. The molecule has 0 saturated carbocycles. The van der Waals surface area contributed by atoms with Crippen LogP contribution in [-0.4, -0.2) is 15.0 Å². The summed E-state index contributed by atoms with van der Waals surface area (Å²) in [6.07, 6.45) is 3.48. The molecule has 0 radical (unpaired) electrons. The molecule has 0 spiro atoms. The van der Waals surface area contributed by atoms with E-state index in [1.54, 1.807) is 12.4 Å². The highest BCUT2D eigenvalue weighted by Gasteiger charge is 2.00. The molecule has 4 nitrogen and oxygen atoms in total. The van der Waals surface area contributed by atoms with Crippen LogP contribution in [0.25, 0.3) is 10.9 Å². The van der Waals surface area contributed by atoms with E-state index in [9.17, 15) is 0 Å². The Morgan fingerprint density at radius 3 is 2.94 bits per heavy atom. The van der Waals surface area contributed by atoms with Gasteiger partial charge in [0, 0.05) is 17.4 Å². The zero-order chi connectivity index (χ0) is 12.4. The highest BCUT2D eigenvalue weighted by Crippen LogP contribution is 2.15. The molecule has 3 rings (SSSR count). The highest BCUT2D eigenvalue weighted by molar-refractivity contribution is 5.80. The maximum absolute atomic E-state index is 4.35. The average molecular weight is 238 g/mol. The molecule has 0 saturated heterocycles. The van der Waals surface area contributed by atoms with Gasteiger partial charge < -0.3 is 10.3 Å². The van der Waals surface area contributed by atoms with E-state index < -0.39 is 0 Å². The molecule has 1 aromatic carbocycles. The van der Waals surface area contributed by atoms with E-state index in [2.05, 4.69) is 38.5 Å². The number of anilines is 1. The summed E-state index contributed by atoms with van der Waals surface area (Å²) in [5.41, 5.74) is 3.21. The number of nitrogens with one attached hydrogen (secondary N) is 2. The van der Waals surface area contributed by atoms with Gasteiger partial charge in [-0.3, -0.25) is 4.98 Å². The fourth-order valence-corrected chi connectivity index (χ4v) is 1.96. The molecule has 3 aromatic rings. The minimum absolute atomic E-state index is 0.715. The number of aromatic nitrogens is 3. The second-order valence-corrected chi connectivity index (χ2v) is 4.28. The molecule has 0 aliphatic carbocycles. The predicted octanol–water partition coefficient (Wildman–Crippen LogP) is 2.88. The normalized spacial score (nSPS) is 10.7. The van der Waals surface area contributed by atoms with Gasteiger partial charge in [0.1, 0.15) is 5.82 Å². The monoisotopic (exact) mass is 238 g/mol. The Labute approximate surface area is 105 Å². The van der Waals surface area contributed by atoms with Gasteiger partial charge in [-0.25, -0.2) is 4.98 Å². The molecule has 2 aromatic heterocycles. The molecule has 90 valence electrons. The maximum Gasteiger partial charge on any atom is 0.145 e. The largest absolute Gasteiger partial charge is 0.363 e. The van der Waals surface area contributed by atoms with Crippen LogP contribution < -0.4 is 5.32 Å². The minimum Gasteiger partial charge on any atom is -0.363 e. The van der Waals surface area contributed by atoms with Crippen LogP contribution in [0.5, 0.6) is 0 Å². The average Bonchev–Trinajstić information content (AvgIpc) is 2.79. The predicted molar refractivity (Wildman–Crippen MR) is 72.4 cm³/mol. The van der Waals surface area contributed by atoms with Crippen molar-refractivity contribution in [3.8, 4) is 0 Å². The summed E-state index contributed by atoms with van der Waals surface area (Å²) in [5, 5.41) is 4.48. The van der Waals surface area contributed by atoms with Crippen molar-refractivity contribution in [2.75, 3.05) is 5.32 Å². The summed E-state index contributed by atoms with van der Waals surface area (Å²) in [5.74, 6) is 0.800. The summed E-state index contributed by atoms with van der Waals surface area (Å²) in [6, 6.07) is 10.4. The van der Waals surface area contributed by atoms with Gasteiger partial charge in [-0.05, 0) is 24.4 Å². The number of rotatable bonds is 3. The van der Waals surface area contributed by atoms with E-state index in [4.69, 9.17) is 0 Å². The summed E-state index contributed by atoms with van der Waals surface area (Å²) in [6.45, 7) is 2.65. The number of fused-ring (bicyclic) bond motifs is 1. The van der Waals surface area contributed by atoms with Crippen molar-refractivity contribution >= 4 is 16.7 Å². The van der Waals surface area contributed by atoms with Crippen LogP contribution in [0.1, 0.15) is 11.4 Å². The number of hydrogen-bond acceptors (Lipinski definition) is 3. The lowest BCUT2D eigenvalue weighted by Crippen LogP contribution is -2.02. The van der Waals surface area contributed by atoms with Crippen LogP contribution >= 0.6 is 0 Å². The van der Waals surface area contributed by atoms with Crippen LogP contribution in [-0.2, 0) is 6.54 Å². The molecule has 0 unspecified atom stereocenters. The molecule has 0 fully saturated rings. The molecular formula is C14H14N4. The first-order chi connectivity index (χ1) is 8.81. The first kappa shape index (κ1) is 10.8. The van der Waals surface area contributed by atoms with E-state index in [1.807, 2.05) is 19.1 Å². The van der Waals surface area contributed by atoms with E-state index in [-0.39, 0.29) is 0 Å². The number of benzene rings is 1. The van der Waals surface area contributed by atoms with Crippen molar-refractivity contribution in [1.82, 2.24) is 15.0 Å². The molecule has 0 atom stereocenters. The molecule has 18 heavy (non-hydrogen) atoms. The van der Waals surface area contributed by atoms with Crippen molar-refractivity contribution in [3.05, 3.63) is 54.1 Å². The van der Waals surface area contributed by atoms with Crippen LogP contribution in [0.2, 0.25) is 0 Å². The quantitative estimate of drug-likeness (QED) is 0.737. The number of para-hydroxylation sites is 1. The van der Waals surface area contributed by atoms with E-state index in [0.29, 0.717) is 6.54 Å². The van der Waals surface area contributed by atoms with Gasteiger partial charge in [0.25, 0.3) is 0 Å². The highest BCUT2D eigenvalue weighted by atomic mass is 15.0. The molecule has 0 aliphatic rings. The summed E-state index contributed by atoms with van der Waals surface area (Å²) < 4.78 is 0. The number of aromatic amines is 1. The van der Waals surface area contributed by atoms with Gasteiger partial charge in [0.2, 0.25) is 0 Å². The zero-order valence-electron chi connectivity index (χ0n) is 10.1. The molecule has 2 heterocycles. The van der Waals surface area contributed by atoms with Crippen molar-refractivity contribution in [2.45, 2.75) is 13.5 Å². The Balaban J connectivity index is 1.76. The Morgan fingerprint density at radius 2 is 2.11 bits per heavy atom. The van der Waals surface area contributed by atoms with Crippen molar-refractivity contribution in [1.29, 1.82) is 0 Å². The molecule has 0 aliphatic heterocycles. The summed E-state index contributed by atoms with van der Waals surface area (Å²) >= 11 is 0. The Kier molecular flexibility index (Phi) is 2.68. The second kappa shape index (κ2) is 4.49. The first-order valence-corrected chi connectivity index (χ1v) is 5.90. The number of aryl methyl sites for hydroxylation is 1. The van der Waals surface area contributed by atoms with Gasteiger partial charge in [-0.2, -0.15) is 0 Å². The lowest BCUT2D eigenvalue weighted by atomic mass is 10.2. The third kappa shape index (κ3) is 2.18. The van der Waals surface area contributed by atoms with Crippen LogP contribution in [0.4, 0.5) is 5.82 Å². The van der Waals surface area contributed by atoms with Crippen LogP contribution in [0.3, 0.4) is 0 Å². The van der Waals surface area contributed by atoms with Gasteiger partial charge in [-0.15, -0.1) is 0 Å². The fraction of sp³-hybridized carbons (Fsp3) is 0.143. The van der Waals surface area contributed by atoms with Crippen molar-refractivity contribution in [2.24, 2.45) is 0 Å². The SMILES string of the molecule is Cc1cncc(NCc2cc3ccccc3[nH]2)n1. The lowest BCUT2D eigenvalue weighted by Gasteiger charge is -2.03. The topological polar surface area (TPSA) is 53.6 Å². The molecule has 2 N–H and O–H groups in total. The summed E-state index contributed by atoms with van der Waals surface area (Å²) in [4.78, 5) is 11.8. The van der Waals surface area contributed by atoms with Gasteiger partial charge in [0.05, 0.1) is 18.4 Å². The van der Waals surface area contributed by atoms with Crippen molar-refractivity contribution < 1.29 is 0 Å². The Morgan fingerprint density at radius 1 is 1.22 bits per heavy atom. The second-order valence-electron chi connectivity index (χ2n) is 4.28. The van der Waals surface area contributed by atoms with Crippen LogP contribution in [0.15, 0.2) is 42.7 Å². The van der Waals surface area contributed by atoms with E-state index >= 15 is 0 Å². The van der Waals surface area contributed by atoms with Gasteiger partial charge >= 0.3 is 0 Å². The smallest absolute Gasteiger partial charge is 0.145 e. The first-order valence-electron chi connectivity index (χ1n) is 5.90. The molecular weight excluding hydrogens is 224 g/mol. The lowest BCUT2D eigenvalue weighted by molar-refractivity contribution is 1.03. The fourth-order valence-electron chi connectivity index (χ4n) is 1.96.